The highest BCUT2D eigenvalue weighted by atomic mass is 79.9. The monoisotopic (exact) mass is 494 g/mol. The van der Waals surface area contributed by atoms with Crippen molar-refractivity contribution in [3.05, 3.63) is 22.9 Å². The summed E-state index contributed by atoms with van der Waals surface area (Å²) in [6.45, 7) is 12.6. The summed E-state index contributed by atoms with van der Waals surface area (Å²) in [5.74, 6) is 0.839. The van der Waals surface area contributed by atoms with Gasteiger partial charge in [0.2, 0.25) is 0 Å². The predicted octanol–water partition coefficient (Wildman–Crippen LogP) is 5.08. The molecule has 0 spiro atoms. The molecule has 9 heteroatoms. The van der Waals surface area contributed by atoms with Gasteiger partial charge in [-0.2, -0.15) is 0 Å². The molecule has 1 saturated heterocycles. The summed E-state index contributed by atoms with van der Waals surface area (Å²) in [5, 5.41) is 3.84. The average Bonchev–Trinajstić information content (AvgIpc) is 2.96. The van der Waals surface area contributed by atoms with E-state index in [-0.39, 0.29) is 12.1 Å². The molecule has 3 heterocycles. The third-order valence-electron chi connectivity index (χ3n) is 4.76. The maximum atomic E-state index is 12.5. The number of aromatic nitrogens is 2. The van der Waals surface area contributed by atoms with Crippen molar-refractivity contribution >= 4 is 44.8 Å². The Kier molecular flexibility index (Phi) is 6.55. The standard InChI is InChI=1S/C22H31BrN4O4/c1-21(2,3)30-19(28)25-14-7-9-26(10-8-14)18-11-15-16(23)13-27(17(15)12-24-18)20(29)31-22(4,5)6/h11-14H,7-10H2,1-6H3,(H,25,28). The van der Waals surface area contributed by atoms with Crippen LogP contribution < -0.4 is 10.2 Å². The van der Waals surface area contributed by atoms with Crippen molar-refractivity contribution in [1.29, 1.82) is 0 Å². The summed E-state index contributed by atoms with van der Waals surface area (Å²) in [6, 6.07) is 2.05. The van der Waals surface area contributed by atoms with Crippen LogP contribution >= 0.6 is 15.9 Å². The van der Waals surface area contributed by atoms with Crippen LogP contribution in [0, 0.1) is 0 Å². The number of nitrogens with one attached hydrogen (secondary N) is 1. The molecule has 1 aliphatic rings. The lowest BCUT2D eigenvalue weighted by Crippen LogP contribution is -2.46. The van der Waals surface area contributed by atoms with Crippen molar-refractivity contribution in [2.24, 2.45) is 0 Å². The summed E-state index contributed by atoms with van der Waals surface area (Å²) in [4.78, 5) is 31.3. The van der Waals surface area contributed by atoms with Gasteiger partial charge >= 0.3 is 12.2 Å². The minimum absolute atomic E-state index is 0.0785. The normalized spacial score (nSPS) is 15.8. The van der Waals surface area contributed by atoms with E-state index < -0.39 is 17.3 Å². The number of carbonyl (C=O) groups excluding carboxylic acids is 2. The van der Waals surface area contributed by atoms with Crippen LogP contribution in [0.5, 0.6) is 0 Å². The molecule has 8 nitrogen and oxygen atoms in total. The molecule has 0 aliphatic carbocycles. The van der Waals surface area contributed by atoms with Gasteiger partial charge in [-0.05, 0) is 76.4 Å². The molecule has 0 saturated carbocycles. The molecular formula is C22H31BrN4O4. The van der Waals surface area contributed by atoms with Crippen molar-refractivity contribution < 1.29 is 19.1 Å². The molecule has 1 N–H and O–H groups in total. The Morgan fingerprint density at radius 1 is 1.10 bits per heavy atom. The molecule has 3 rings (SSSR count). The topological polar surface area (TPSA) is 85.7 Å². The van der Waals surface area contributed by atoms with E-state index in [9.17, 15) is 9.59 Å². The third kappa shape index (κ3) is 6.12. The number of hydrogen-bond acceptors (Lipinski definition) is 6. The van der Waals surface area contributed by atoms with E-state index >= 15 is 0 Å². The van der Waals surface area contributed by atoms with Crippen molar-refractivity contribution in [3.63, 3.8) is 0 Å². The molecule has 1 aliphatic heterocycles. The Labute approximate surface area is 191 Å². The van der Waals surface area contributed by atoms with Crippen LogP contribution in [0.15, 0.2) is 22.9 Å². The highest BCUT2D eigenvalue weighted by Crippen LogP contribution is 2.30. The predicted molar refractivity (Wildman–Crippen MR) is 124 cm³/mol. The number of halogens is 1. The molecule has 0 bridgehead atoms. The highest BCUT2D eigenvalue weighted by Gasteiger charge is 2.25. The van der Waals surface area contributed by atoms with E-state index in [1.54, 1.807) is 12.4 Å². The van der Waals surface area contributed by atoms with Crippen molar-refractivity contribution in [2.75, 3.05) is 18.0 Å². The minimum Gasteiger partial charge on any atom is -0.444 e. The first kappa shape index (κ1) is 23.4. The Morgan fingerprint density at radius 2 is 1.71 bits per heavy atom. The minimum atomic E-state index is -0.578. The molecule has 1 fully saturated rings. The summed E-state index contributed by atoms with van der Waals surface area (Å²) in [7, 11) is 0. The molecular weight excluding hydrogens is 464 g/mol. The van der Waals surface area contributed by atoms with E-state index in [1.807, 2.05) is 47.6 Å². The van der Waals surface area contributed by atoms with Gasteiger partial charge < -0.3 is 19.7 Å². The maximum absolute atomic E-state index is 12.5. The fourth-order valence-corrected chi connectivity index (χ4v) is 3.96. The zero-order valence-electron chi connectivity index (χ0n) is 19.0. The summed E-state index contributed by atoms with van der Waals surface area (Å²) < 4.78 is 13.1. The second-order valence-corrected chi connectivity index (χ2v) is 10.6. The zero-order valence-corrected chi connectivity index (χ0v) is 20.6. The Balaban J connectivity index is 1.67. The van der Waals surface area contributed by atoms with E-state index in [0.29, 0.717) is 5.52 Å². The lowest BCUT2D eigenvalue weighted by molar-refractivity contribution is 0.0494. The highest BCUT2D eigenvalue weighted by molar-refractivity contribution is 9.10. The van der Waals surface area contributed by atoms with Crippen LogP contribution in [0.3, 0.4) is 0 Å². The van der Waals surface area contributed by atoms with Gasteiger partial charge in [0.05, 0.1) is 11.7 Å². The number of hydrogen-bond donors (Lipinski definition) is 1. The Morgan fingerprint density at radius 3 is 2.29 bits per heavy atom. The quantitative estimate of drug-likeness (QED) is 0.626. The van der Waals surface area contributed by atoms with Crippen molar-refractivity contribution in [2.45, 2.75) is 71.6 Å². The van der Waals surface area contributed by atoms with E-state index in [4.69, 9.17) is 9.47 Å². The van der Waals surface area contributed by atoms with Gasteiger partial charge in [-0.1, -0.05) is 0 Å². The van der Waals surface area contributed by atoms with Crippen LogP contribution in [-0.4, -0.2) is 52.1 Å². The van der Waals surface area contributed by atoms with Crippen molar-refractivity contribution in [3.8, 4) is 0 Å². The fourth-order valence-electron chi connectivity index (χ4n) is 3.44. The van der Waals surface area contributed by atoms with Gasteiger partial charge in [0, 0.05) is 35.2 Å². The second-order valence-electron chi connectivity index (χ2n) is 9.79. The summed E-state index contributed by atoms with van der Waals surface area (Å²) in [5.41, 5.74) is -0.398. The number of piperidine rings is 1. The third-order valence-corrected chi connectivity index (χ3v) is 5.39. The van der Waals surface area contributed by atoms with Crippen LogP contribution in [0.1, 0.15) is 54.4 Å². The lowest BCUT2D eigenvalue weighted by atomic mass is 10.1. The number of alkyl carbamates (subject to hydrolysis) is 1. The van der Waals surface area contributed by atoms with Gasteiger partial charge in [0.25, 0.3) is 0 Å². The van der Waals surface area contributed by atoms with Crippen LogP contribution in [-0.2, 0) is 9.47 Å². The second kappa shape index (κ2) is 8.68. The molecule has 0 radical (unpaired) electrons. The van der Waals surface area contributed by atoms with Crippen LogP contribution in [0.25, 0.3) is 10.9 Å². The number of rotatable bonds is 2. The first-order valence-corrected chi connectivity index (χ1v) is 11.3. The number of anilines is 1. The van der Waals surface area contributed by atoms with E-state index in [1.165, 1.54) is 4.57 Å². The van der Waals surface area contributed by atoms with Crippen LogP contribution in [0.2, 0.25) is 0 Å². The Hall–Kier alpha value is -2.29. The van der Waals surface area contributed by atoms with Gasteiger partial charge in [-0.25, -0.2) is 19.1 Å². The number of pyridine rings is 1. The SMILES string of the molecule is CC(C)(C)OC(=O)NC1CCN(c2cc3c(Br)cn(C(=O)OC(C)(C)C)c3cn2)CC1. The largest absolute Gasteiger partial charge is 0.444 e. The van der Waals surface area contributed by atoms with E-state index in [0.717, 1.165) is 41.6 Å². The summed E-state index contributed by atoms with van der Waals surface area (Å²) in [6.07, 6.45) is 4.20. The van der Waals surface area contributed by atoms with Gasteiger partial charge in [0.1, 0.15) is 17.0 Å². The number of amides is 1. The fraction of sp³-hybridized carbons (Fsp3) is 0.591. The number of nitrogens with zero attached hydrogens (tertiary/aromatic N) is 3. The molecule has 2 aromatic rings. The van der Waals surface area contributed by atoms with Gasteiger partial charge in [0.15, 0.2) is 0 Å². The molecule has 31 heavy (non-hydrogen) atoms. The molecule has 1 amide bonds. The first-order valence-electron chi connectivity index (χ1n) is 10.5. The lowest BCUT2D eigenvalue weighted by Gasteiger charge is -2.33. The zero-order chi connectivity index (χ0) is 23.0. The van der Waals surface area contributed by atoms with Crippen molar-refractivity contribution in [1.82, 2.24) is 14.9 Å². The van der Waals surface area contributed by atoms with E-state index in [2.05, 4.69) is 31.1 Å². The number of fused-ring (bicyclic) bond motifs is 1. The number of carbonyl (C=O) groups is 2. The first-order chi connectivity index (χ1) is 14.3. The van der Waals surface area contributed by atoms with Gasteiger partial charge in [-0.15, -0.1) is 0 Å². The van der Waals surface area contributed by atoms with Gasteiger partial charge in [-0.3, -0.25) is 0 Å². The summed E-state index contributed by atoms with van der Waals surface area (Å²) >= 11 is 3.55. The Bertz CT molecular complexity index is 966. The van der Waals surface area contributed by atoms with Crippen LogP contribution in [0.4, 0.5) is 15.4 Å². The smallest absolute Gasteiger partial charge is 0.419 e. The molecule has 170 valence electrons. The molecule has 0 atom stereocenters. The number of ether oxygens (including phenoxy) is 2. The average molecular weight is 495 g/mol. The maximum Gasteiger partial charge on any atom is 0.419 e. The molecule has 0 aromatic carbocycles. The molecule has 2 aromatic heterocycles. The molecule has 0 unspecified atom stereocenters.